The number of aliphatic hydroxyl groups excluding tert-OH is 2. The minimum absolute atomic E-state index is 0.0559. The average molecular weight is 679 g/mol. The third kappa shape index (κ3) is 7.85. The van der Waals surface area contributed by atoms with E-state index >= 15 is 0 Å². The lowest BCUT2D eigenvalue weighted by molar-refractivity contribution is -0.140. The molecule has 0 radical (unpaired) electrons. The van der Waals surface area contributed by atoms with Crippen LogP contribution in [0.3, 0.4) is 0 Å². The molecule has 0 bridgehead atoms. The van der Waals surface area contributed by atoms with E-state index < -0.39 is 24.2 Å². The molecule has 2 aromatic carbocycles. The Balaban J connectivity index is 1.69. The number of hydrogen-bond donors (Lipinski definition) is 3. The van der Waals surface area contributed by atoms with Crippen molar-refractivity contribution in [1.29, 1.82) is 0 Å². The van der Waals surface area contributed by atoms with Gasteiger partial charge in [0, 0.05) is 37.3 Å². The maximum Gasteiger partial charge on any atom is 0.247 e. The normalized spacial score (nSPS) is 22.0. The number of hydrogen-bond acceptors (Lipinski definition) is 8. The molecule has 2 aromatic rings. The Bertz CT molecular complexity index is 1250. The Kier molecular flexibility index (Phi) is 11.1. The van der Waals surface area contributed by atoms with Crippen LogP contribution in [-0.4, -0.2) is 91.0 Å². The molecule has 1 aliphatic carbocycles. The molecular weight excluding hydrogens is 643 g/mol. The fourth-order valence-electron chi connectivity index (χ4n) is 5.14. The molecule has 2 aliphatic rings. The Hall–Kier alpha value is -3.00. The molecule has 3 N–H and O–H groups in total. The number of methoxy groups -OCH3 is 1. The summed E-state index contributed by atoms with van der Waals surface area (Å²) in [5.74, 6) is -0.0236. The number of amides is 2. The zero-order valence-corrected chi connectivity index (χ0v) is 25.0. The van der Waals surface area contributed by atoms with Crippen LogP contribution in [0.1, 0.15) is 35.2 Å². The lowest BCUT2D eigenvalue weighted by Gasteiger charge is -2.41. The lowest BCUT2D eigenvalue weighted by atomic mass is 9.87. The van der Waals surface area contributed by atoms with Crippen molar-refractivity contribution in [2.24, 2.45) is 0 Å². The average Bonchev–Trinajstić information content (AvgIpc) is 3.50. The van der Waals surface area contributed by atoms with Crippen molar-refractivity contribution in [2.45, 2.75) is 50.0 Å². The van der Waals surface area contributed by atoms with Crippen molar-refractivity contribution in [3.63, 3.8) is 0 Å². The predicted octanol–water partition coefficient (Wildman–Crippen LogP) is 2.28. The molecule has 1 saturated heterocycles. The Morgan fingerprint density at radius 1 is 1.24 bits per heavy atom. The smallest absolute Gasteiger partial charge is 0.247 e. The van der Waals surface area contributed by atoms with Crippen LogP contribution in [0.5, 0.6) is 11.5 Å². The van der Waals surface area contributed by atoms with Gasteiger partial charge in [0.1, 0.15) is 18.5 Å². The van der Waals surface area contributed by atoms with Gasteiger partial charge in [-0.3, -0.25) is 14.4 Å². The van der Waals surface area contributed by atoms with Gasteiger partial charge in [0.15, 0.2) is 11.5 Å². The molecular formula is C30H35IN2O8. The van der Waals surface area contributed by atoms with E-state index in [2.05, 4.69) is 5.32 Å². The topological polar surface area (TPSA) is 135 Å². The summed E-state index contributed by atoms with van der Waals surface area (Å²) in [4.78, 5) is 39.9. The molecule has 220 valence electrons. The van der Waals surface area contributed by atoms with E-state index in [0.717, 1.165) is 18.4 Å². The van der Waals surface area contributed by atoms with Crippen LogP contribution >= 0.6 is 22.6 Å². The van der Waals surface area contributed by atoms with Crippen LogP contribution in [0, 0.1) is 3.57 Å². The van der Waals surface area contributed by atoms with Crippen LogP contribution in [0.25, 0.3) is 0 Å². The summed E-state index contributed by atoms with van der Waals surface area (Å²) in [5.41, 5.74) is 1.55. The van der Waals surface area contributed by atoms with Gasteiger partial charge < -0.3 is 34.6 Å². The lowest BCUT2D eigenvalue weighted by Crippen LogP contribution is -2.57. The largest absolute Gasteiger partial charge is 0.493 e. The zero-order chi connectivity index (χ0) is 29.4. The second-order valence-corrected chi connectivity index (χ2v) is 11.2. The van der Waals surface area contributed by atoms with Gasteiger partial charge in [-0.15, -0.1) is 0 Å². The van der Waals surface area contributed by atoms with E-state index in [9.17, 15) is 24.6 Å². The van der Waals surface area contributed by atoms with Crippen LogP contribution < -0.4 is 14.8 Å². The van der Waals surface area contributed by atoms with Gasteiger partial charge >= 0.3 is 0 Å². The highest BCUT2D eigenvalue weighted by molar-refractivity contribution is 14.1. The number of nitrogens with zero attached hydrogens (tertiary/aromatic N) is 1. The molecule has 11 heteroatoms. The quantitative estimate of drug-likeness (QED) is 0.230. The number of carbonyl (C=O) groups excluding carboxylic acids is 3. The van der Waals surface area contributed by atoms with Crippen molar-refractivity contribution in [1.82, 2.24) is 10.2 Å². The van der Waals surface area contributed by atoms with Crippen molar-refractivity contribution >= 4 is 40.7 Å². The van der Waals surface area contributed by atoms with Crippen LogP contribution in [0.2, 0.25) is 0 Å². The first-order valence-corrected chi connectivity index (χ1v) is 14.6. The van der Waals surface area contributed by atoms with Crippen molar-refractivity contribution in [3.8, 4) is 11.5 Å². The molecule has 0 saturated carbocycles. The maximum atomic E-state index is 13.8. The second kappa shape index (κ2) is 14.8. The van der Waals surface area contributed by atoms with Crippen LogP contribution in [0.4, 0.5) is 0 Å². The van der Waals surface area contributed by atoms with Crippen molar-refractivity contribution in [3.05, 3.63) is 68.8 Å². The molecule has 1 aliphatic heterocycles. The molecule has 2 amide bonds. The number of aldehydes is 1. The summed E-state index contributed by atoms with van der Waals surface area (Å²) in [6.45, 7) is 0.694. The van der Waals surface area contributed by atoms with Gasteiger partial charge in [-0.05, 0) is 59.2 Å². The maximum absolute atomic E-state index is 13.8. The third-order valence-corrected chi connectivity index (χ3v) is 8.00. The van der Waals surface area contributed by atoms with E-state index in [4.69, 9.17) is 14.2 Å². The van der Waals surface area contributed by atoms with Crippen LogP contribution in [-0.2, 0) is 20.7 Å². The zero-order valence-electron chi connectivity index (χ0n) is 22.8. The fraction of sp³-hybridized carbons (Fsp3) is 0.433. The number of rotatable bonds is 12. The number of benzene rings is 2. The number of halogens is 1. The fourth-order valence-corrected chi connectivity index (χ4v) is 5.89. The molecule has 0 spiro atoms. The summed E-state index contributed by atoms with van der Waals surface area (Å²) in [7, 11) is 1.45. The summed E-state index contributed by atoms with van der Waals surface area (Å²) in [5, 5.41) is 23.6. The predicted molar refractivity (Wildman–Crippen MR) is 159 cm³/mol. The van der Waals surface area contributed by atoms with E-state index in [1.54, 1.807) is 17.0 Å². The highest BCUT2D eigenvalue weighted by Gasteiger charge is 2.42. The first kappa shape index (κ1) is 30.9. The number of ether oxygens (including phenoxy) is 3. The van der Waals surface area contributed by atoms with Gasteiger partial charge in [-0.2, -0.15) is 0 Å². The molecule has 1 fully saturated rings. The minimum atomic E-state index is -1.20. The standard InChI is InChI=1S/C30H35IN2O8/c1-39-26-13-20(18-35)12-23(31)29(26)41-25-16-21(30(38)32-9-10-34)15-24(28(25)37)33(17-22-8-5-11-40-22)27(36)14-19-6-3-2-4-7-19/h2-4,6-7,12-13,16,18,22,24-25,28,34,37H,5,8-11,14-15,17H2,1H3,(H,32,38). The van der Waals surface area contributed by atoms with E-state index in [-0.39, 0.29) is 44.5 Å². The third-order valence-electron chi connectivity index (χ3n) is 7.20. The van der Waals surface area contributed by atoms with Gasteiger partial charge in [-0.25, -0.2) is 0 Å². The number of nitrogens with one attached hydrogen (secondary N) is 1. The Morgan fingerprint density at radius 2 is 2.02 bits per heavy atom. The summed E-state index contributed by atoms with van der Waals surface area (Å²) in [6.07, 6.45) is 1.72. The van der Waals surface area contributed by atoms with Gasteiger partial charge in [-0.1, -0.05) is 30.3 Å². The van der Waals surface area contributed by atoms with Crippen molar-refractivity contribution < 1.29 is 38.8 Å². The first-order valence-electron chi connectivity index (χ1n) is 13.6. The number of carbonyl (C=O) groups is 3. The Labute approximate surface area is 252 Å². The molecule has 10 nitrogen and oxygen atoms in total. The van der Waals surface area contributed by atoms with E-state index in [1.807, 2.05) is 52.9 Å². The molecule has 41 heavy (non-hydrogen) atoms. The van der Waals surface area contributed by atoms with Gasteiger partial charge in [0.05, 0.1) is 35.9 Å². The SMILES string of the molecule is COc1cc(C=O)cc(I)c1OC1C=C(C(=O)NCCO)CC(N(CC2CCCO2)C(=O)Cc2ccccc2)C1O. The van der Waals surface area contributed by atoms with Crippen LogP contribution in [0.15, 0.2) is 54.1 Å². The Morgan fingerprint density at radius 3 is 2.68 bits per heavy atom. The molecule has 1 heterocycles. The summed E-state index contributed by atoms with van der Waals surface area (Å²) < 4.78 is 18.2. The van der Waals surface area contributed by atoms with Crippen molar-refractivity contribution in [2.75, 3.05) is 33.4 Å². The highest BCUT2D eigenvalue weighted by Crippen LogP contribution is 2.37. The summed E-state index contributed by atoms with van der Waals surface area (Å²) >= 11 is 2.02. The molecule has 4 rings (SSSR count). The summed E-state index contributed by atoms with van der Waals surface area (Å²) in [6, 6.07) is 11.7. The molecule has 4 atom stereocenters. The minimum Gasteiger partial charge on any atom is -0.493 e. The molecule has 0 aromatic heterocycles. The second-order valence-electron chi connectivity index (χ2n) is 10.0. The first-order chi connectivity index (χ1) is 19.8. The van der Waals surface area contributed by atoms with Gasteiger partial charge in [0.25, 0.3) is 0 Å². The van der Waals surface area contributed by atoms with E-state index in [1.165, 1.54) is 13.2 Å². The highest BCUT2D eigenvalue weighted by atomic mass is 127. The van der Waals surface area contributed by atoms with Gasteiger partial charge in [0.2, 0.25) is 11.8 Å². The van der Waals surface area contributed by atoms with E-state index in [0.29, 0.717) is 39.1 Å². The number of aliphatic hydroxyl groups is 2. The monoisotopic (exact) mass is 678 g/mol. The molecule has 4 unspecified atom stereocenters.